The lowest BCUT2D eigenvalue weighted by Gasteiger charge is -2.28. The summed E-state index contributed by atoms with van der Waals surface area (Å²) in [6, 6.07) is 11.7. The summed E-state index contributed by atoms with van der Waals surface area (Å²) in [5, 5.41) is 0.724. The van der Waals surface area contributed by atoms with Gasteiger partial charge in [-0.1, -0.05) is 55.3 Å². The van der Waals surface area contributed by atoms with Crippen molar-refractivity contribution in [1.29, 1.82) is 0 Å². The van der Waals surface area contributed by atoms with Crippen LogP contribution in [0.3, 0.4) is 0 Å². The highest BCUT2D eigenvalue weighted by Crippen LogP contribution is 2.27. The molecule has 4 heteroatoms. The van der Waals surface area contributed by atoms with E-state index in [1.165, 1.54) is 6.42 Å². The van der Waals surface area contributed by atoms with Gasteiger partial charge in [-0.2, -0.15) is 0 Å². The number of ether oxygens (including phenoxy) is 2. The molecule has 1 aromatic carbocycles. The van der Waals surface area contributed by atoms with Gasteiger partial charge in [0.2, 0.25) is 0 Å². The van der Waals surface area contributed by atoms with Gasteiger partial charge in [0.25, 0.3) is 0 Å². The maximum Gasteiger partial charge on any atom is 0.185 e. The molecule has 2 aromatic rings. The Bertz CT molecular complexity index is 659. The molecule has 0 spiro atoms. The molecule has 0 aliphatic carbocycles. The van der Waals surface area contributed by atoms with Gasteiger partial charge in [-0.05, 0) is 24.6 Å². The molecule has 3 rings (SSSR count). The molecule has 1 fully saturated rings. The van der Waals surface area contributed by atoms with Crippen molar-refractivity contribution in [2.75, 3.05) is 13.2 Å². The van der Waals surface area contributed by atoms with Gasteiger partial charge >= 0.3 is 0 Å². The highest BCUT2D eigenvalue weighted by atomic mass is 35.5. The highest BCUT2D eigenvalue weighted by molar-refractivity contribution is 6.30. The van der Waals surface area contributed by atoms with Crippen LogP contribution in [0.25, 0.3) is 11.3 Å². The predicted octanol–water partition coefficient (Wildman–Crippen LogP) is 5.42. The third kappa shape index (κ3) is 4.44. The van der Waals surface area contributed by atoms with Crippen LogP contribution in [0.5, 0.6) is 0 Å². The number of pyridine rings is 1. The van der Waals surface area contributed by atoms with E-state index in [0.717, 1.165) is 28.3 Å². The standard InChI is InChI=1S/C20H22ClNO2/c1-2-3-4-5-15-13-23-20(24-14-15)17-8-11-19(22-12-17)16-6-9-18(21)10-7-16/h4-12,15,20H,2-3,13-14H2,1H3/t15-,20-. The number of hydrogen-bond donors (Lipinski definition) is 0. The Morgan fingerprint density at radius 3 is 2.50 bits per heavy atom. The Hall–Kier alpha value is -1.68. The molecular weight excluding hydrogens is 322 g/mol. The maximum absolute atomic E-state index is 5.92. The Labute approximate surface area is 148 Å². The van der Waals surface area contributed by atoms with Crippen molar-refractivity contribution in [2.45, 2.75) is 26.1 Å². The summed E-state index contributed by atoms with van der Waals surface area (Å²) in [4.78, 5) is 4.52. The van der Waals surface area contributed by atoms with E-state index < -0.39 is 0 Å². The fourth-order valence-electron chi connectivity index (χ4n) is 2.61. The average molecular weight is 344 g/mol. The zero-order valence-electron chi connectivity index (χ0n) is 13.8. The van der Waals surface area contributed by atoms with Gasteiger partial charge in [0.05, 0.1) is 18.9 Å². The molecule has 0 unspecified atom stereocenters. The average Bonchev–Trinajstić information content (AvgIpc) is 2.63. The highest BCUT2D eigenvalue weighted by Gasteiger charge is 2.22. The van der Waals surface area contributed by atoms with Crippen molar-refractivity contribution in [3.63, 3.8) is 0 Å². The number of aromatic nitrogens is 1. The second-order valence-corrected chi connectivity index (χ2v) is 6.40. The minimum Gasteiger partial charge on any atom is -0.348 e. The molecule has 1 aliphatic rings. The third-order valence-corrected chi connectivity index (χ3v) is 4.24. The van der Waals surface area contributed by atoms with Crippen molar-refractivity contribution in [3.8, 4) is 11.3 Å². The summed E-state index contributed by atoms with van der Waals surface area (Å²) >= 11 is 5.92. The van der Waals surface area contributed by atoms with Crippen LogP contribution in [-0.4, -0.2) is 18.2 Å². The molecule has 126 valence electrons. The molecule has 3 nitrogen and oxygen atoms in total. The van der Waals surface area contributed by atoms with E-state index in [9.17, 15) is 0 Å². The van der Waals surface area contributed by atoms with E-state index in [0.29, 0.717) is 19.1 Å². The van der Waals surface area contributed by atoms with Gasteiger partial charge in [0.1, 0.15) is 0 Å². The molecule has 0 atom stereocenters. The van der Waals surface area contributed by atoms with E-state index >= 15 is 0 Å². The van der Waals surface area contributed by atoms with Crippen molar-refractivity contribution in [2.24, 2.45) is 5.92 Å². The molecule has 1 aromatic heterocycles. The molecule has 0 N–H and O–H groups in total. The summed E-state index contributed by atoms with van der Waals surface area (Å²) in [6.45, 7) is 3.54. The fourth-order valence-corrected chi connectivity index (χ4v) is 2.74. The number of rotatable bonds is 5. The van der Waals surface area contributed by atoms with Crippen LogP contribution in [0.4, 0.5) is 0 Å². The Morgan fingerprint density at radius 1 is 1.12 bits per heavy atom. The lowest BCUT2D eigenvalue weighted by atomic mass is 10.1. The normalized spacial score (nSPS) is 21.2. The Balaban J connectivity index is 1.59. The summed E-state index contributed by atoms with van der Waals surface area (Å²) in [5.41, 5.74) is 2.90. The molecule has 24 heavy (non-hydrogen) atoms. The zero-order valence-corrected chi connectivity index (χ0v) is 14.6. The van der Waals surface area contributed by atoms with Crippen molar-refractivity contribution >= 4 is 11.6 Å². The summed E-state index contributed by atoms with van der Waals surface area (Å²) in [6.07, 6.45) is 8.17. The SMILES string of the molecule is CCCC=C[C@H]1CO[C@H](c2ccc(-c3ccc(Cl)cc3)nc2)OC1. The minimum absolute atomic E-state index is 0.326. The Kier molecular flexibility index (Phi) is 6.02. The second-order valence-electron chi connectivity index (χ2n) is 5.96. The molecule has 0 amide bonds. The summed E-state index contributed by atoms with van der Waals surface area (Å²) < 4.78 is 11.7. The van der Waals surface area contributed by atoms with Crippen LogP contribution >= 0.6 is 11.6 Å². The largest absolute Gasteiger partial charge is 0.348 e. The van der Waals surface area contributed by atoms with Crippen LogP contribution in [0.15, 0.2) is 54.7 Å². The van der Waals surface area contributed by atoms with E-state index in [-0.39, 0.29) is 6.29 Å². The Morgan fingerprint density at radius 2 is 1.88 bits per heavy atom. The molecule has 1 aliphatic heterocycles. The zero-order chi connectivity index (χ0) is 16.8. The first kappa shape index (κ1) is 17.2. The number of nitrogens with zero attached hydrogens (tertiary/aromatic N) is 1. The quantitative estimate of drug-likeness (QED) is 0.679. The fraction of sp³-hybridized carbons (Fsp3) is 0.350. The van der Waals surface area contributed by atoms with E-state index in [2.05, 4.69) is 24.1 Å². The smallest absolute Gasteiger partial charge is 0.185 e. The van der Waals surface area contributed by atoms with Gasteiger partial charge in [-0.15, -0.1) is 0 Å². The second kappa shape index (κ2) is 8.43. The lowest BCUT2D eigenvalue weighted by molar-refractivity contribution is -0.197. The number of hydrogen-bond acceptors (Lipinski definition) is 3. The molecule has 0 radical (unpaired) electrons. The summed E-state index contributed by atoms with van der Waals surface area (Å²) in [5.74, 6) is 0.342. The molecule has 2 heterocycles. The first-order valence-corrected chi connectivity index (χ1v) is 8.76. The number of benzene rings is 1. The number of unbranched alkanes of at least 4 members (excludes halogenated alkanes) is 1. The van der Waals surface area contributed by atoms with Gasteiger partial charge in [0, 0.05) is 28.3 Å². The number of halogens is 1. The van der Waals surface area contributed by atoms with E-state index in [4.69, 9.17) is 21.1 Å². The van der Waals surface area contributed by atoms with Crippen LogP contribution in [0.1, 0.15) is 31.6 Å². The van der Waals surface area contributed by atoms with Crippen LogP contribution in [-0.2, 0) is 9.47 Å². The molecular formula is C20H22ClNO2. The third-order valence-electron chi connectivity index (χ3n) is 3.99. The van der Waals surface area contributed by atoms with Gasteiger partial charge < -0.3 is 9.47 Å². The number of allylic oxidation sites excluding steroid dienone is 1. The van der Waals surface area contributed by atoms with Crippen molar-refractivity contribution < 1.29 is 9.47 Å². The monoisotopic (exact) mass is 343 g/mol. The first-order valence-electron chi connectivity index (χ1n) is 8.38. The summed E-state index contributed by atoms with van der Waals surface area (Å²) in [7, 11) is 0. The van der Waals surface area contributed by atoms with Crippen molar-refractivity contribution in [3.05, 3.63) is 65.3 Å². The lowest BCUT2D eigenvalue weighted by Crippen LogP contribution is -2.25. The van der Waals surface area contributed by atoms with Gasteiger partial charge in [-0.25, -0.2) is 0 Å². The minimum atomic E-state index is -0.326. The molecule has 0 saturated carbocycles. The van der Waals surface area contributed by atoms with E-state index in [1.54, 1.807) is 0 Å². The van der Waals surface area contributed by atoms with Gasteiger partial charge in [0.15, 0.2) is 6.29 Å². The van der Waals surface area contributed by atoms with Gasteiger partial charge in [-0.3, -0.25) is 4.98 Å². The predicted molar refractivity (Wildman–Crippen MR) is 96.9 cm³/mol. The van der Waals surface area contributed by atoms with E-state index in [1.807, 2.05) is 42.6 Å². The molecule has 1 saturated heterocycles. The molecule has 0 bridgehead atoms. The van der Waals surface area contributed by atoms with Crippen LogP contribution in [0.2, 0.25) is 5.02 Å². The maximum atomic E-state index is 5.92. The topological polar surface area (TPSA) is 31.4 Å². The first-order chi connectivity index (χ1) is 11.8. The van der Waals surface area contributed by atoms with Crippen molar-refractivity contribution in [1.82, 2.24) is 4.98 Å². The van der Waals surface area contributed by atoms with Crippen LogP contribution < -0.4 is 0 Å². The van der Waals surface area contributed by atoms with Crippen LogP contribution in [0, 0.1) is 5.92 Å².